The molecule has 60 valence electrons. The maximum absolute atomic E-state index is 12.7. The Morgan fingerprint density at radius 2 is 1.90 bits per heavy atom. The van der Waals surface area contributed by atoms with Crippen LogP contribution in [0.3, 0.4) is 0 Å². The van der Waals surface area contributed by atoms with Crippen LogP contribution in [-0.4, -0.2) is 12.0 Å². The molecule has 2 N–H and O–H groups in total. The van der Waals surface area contributed by atoms with Crippen LogP contribution >= 0.6 is 0 Å². The van der Waals surface area contributed by atoms with Gasteiger partial charge in [0.15, 0.2) is 0 Å². The summed E-state index contributed by atoms with van der Waals surface area (Å²) in [4.78, 5) is 0. The van der Waals surface area contributed by atoms with Crippen LogP contribution < -0.4 is 5.73 Å². The van der Waals surface area contributed by atoms with Gasteiger partial charge in [0.25, 0.3) is 5.92 Å². The van der Waals surface area contributed by atoms with Crippen molar-refractivity contribution in [2.75, 3.05) is 0 Å². The molecule has 0 aromatic carbocycles. The lowest BCUT2D eigenvalue weighted by Gasteiger charge is -2.15. The summed E-state index contributed by atoms with van der Waals surface area (Å²) < 4.78 is 25.4. The minimum absolute atomic E-state index is 0.0683. The van der Waals surface area contributed by atoms with Crippen LogP contribution in [0.5, 0.6) is 0 Å². The molecular weight excluding hydrogens is 136 g/mol. The molecule has 1 nitrogen and oxygen atoms in total. The zero-order valence-corrected chi connectivity index (χ0v) is 6.32. The molecule has 1 rings (SSSR count). The Kier molecular flexibility index (Phi) is 1.51. The minimum atomic E-state index is -2.64. The first-order valence-corrected chi connectivity index (χ1v) is 3.47. The number of alkyl halides is 2. The van der Waals surface area contributed by atoms with E-state index >= 15 is 0 Å². The highest BCUT2D eigenvalue weighted by atomic mass is 19.3. The Morgan fingerprint density at radius 1 is 1.40 bits per heavy atom. The molecule has 0 radical (unpaired) electrons. The lowest BCUT2D eigenvalue weighted by Crippen LogP contribution is -2.34. The Hall–Kier alpha value is -0.180. The predicted octanol–water partition coefficient (Wildman–Crippen LogP) is 1.77. The molecule has 1 atom stereocenters. The smallest absolute Gasteiger partial charge is 0.263 e. The van der Waals surface area contributed by atoms with Crippen LogP contribution in [0.4, 0.5) is 8.78 Å². The predicted molar refractivity (Wildman–Crippen MR) is 35.9 cm³/mol. The molecule has 0 bridgehead atoms. The number of rotatable bonds is 0. The Balaban J connectivity index is 2.71. The summed E-state index contributed by atoms with van der Waals surface area (Å²) >= 11 is 0. The molecule has 0 aromatic heterocycles. The van der Waals surface area contributed by atoms with Crippen molar-refractivity contribution in [1.82, 2.24) is 0 Å². The lowest BCUT2D eigenvalue weighted by atomic mass is 9.91. The maximum Gasteiger partial charge on any atom is 0.263 e. The van der Waals surface area contributed by atoms with Gasteiger partial charge in [-0.05, 0) is 11.8 Å². The standard InChI is InChI=1S/C7H13F2N/c1-6(2)3-5(10)7(8,9)4-6/h5H,3-4,10H2,1-2H3. The average Bonchev–Trinajstić information content (AvgIpc) is 1.73. The highest BCUT2D eigenvalue weighted by Crippen LogP contribution is 2.45. The molecule has 0 amide bonds. The summed E-state index contributed by atoms with van der Waals surface area (Å²) in [6.45, 7) is 3.65. The van der Waals surface area contributed by atoms with E-state index in [2.05, 4.69) is 0 Å². The molecule has 0 spiro atoms. The van der Waals surface area contributed by atoms with Gasteiger partial charge in [-0.1, -0.05) is 13.8 Å². The third-order valence-electron chi connectivity index (χ3n) is 2.03. The number of halogens is 2. The van der Waals surface area contributed by atoms with Crippen molar-refractivity contribution in [3.63, 3.8) is 0 Å². The van der Waals surface area contributed by atoms with E-state index in [-0.39, 0.29) is 11.8 Å². The third kappa shape index (κ3) is 1.29. The molecule has 0 aliphatic heterocycles. The van der Waals surface area contributed by atoms with E-state index in [1.165, 1.54) is 0 Å². The summed E-state index contributed by atoms with van der Waals surface area (Å²) in [5.74, 6) is -2.64. The molecule has 10 heavy (non-hydrogen) atoms. The van der Waals surface area contributed by atoms with E-state index in [1.807, 2.05) is 13.8 Å². The van der Waals surface area contributed by atoms with Gasteiger partial charge in [0.1, 0.15) is 0 Å². The molecule has 1 saturated carbocycles. The highest BCUT2D eigenvalue weighted by Gasteiger charge is 2.50. The van der Waals surface area contributed by atoms with Crippen molar-refractivity contribution < 1.29 is 8.78 Å². The Bertz CT molecular complexity index is 143. The largest absolute Gasteiger partial charge is 0.323 e. The second-order valence-electron chi connectivity index (χ2n) is 3.91. The fraction of sp³-hybridized carbons (Fsp3) is 1.00. The molecule has 1 unspecified atom stereocenters. The number of hydrogen-bond acceptors (Lipinski definition) is 1. The van der Waals surface area contributed by atoms with Gasteiger partial charge in [0.05, 0.1) is 6.04 Å². The van der Waals surface area contributed by atoms with Crippen molar-refractivity contribution in [3.05, 3.63) is 0 Å². The first kappa shape index (κ1) is 7.92. The second kappa shape index (κ2) is 1.91. The van der Waals surface area contributed by atoms with Gasteiger partial charge in [-0.2, -0.15) is 0 Å². The van der Waals surface area contributed by atoms with Crippen molar-refractivity contribution in [1.29, 1.82) is 0 Å². The van der Waals surface area contributed by atoms with Crippen LogP contribution in [0, 0.1) is 5.41 Å². The highest BCUT2D eigenvalue weighted by molar-refractivity contribution is 4.96. The topological polar surface area (TPSA) is 26.0 Å². The van der Waals surface area contributed by atoms with E-state index < -0.39 is 12.0 Å². The van der Waals surface area contributed by atoms with Crippen molar-refractivity contribution in [2.45, 2.75) is 38.7 Å². The van der Waals surface area contributed by atoms with Gasteiger partial charge in [-0.25, -0.2) is 8.78 Å². The SMILES string of the molecule is CC1(C)CC(N)C(F)(F)C1. The van der Waals surface area contributed by atoms with E-state index in [0.717, 1.165) is 0 Å². The van der Waals surface area contributed by atoms with Gasteiger partial charge in [0.2, 0.25) is 0 Å². The third-order valence-corrected chi connectivity index (χ3v) is 2.03. The first-order valence-electron chi connectivity index (χ1n) is 3.47. The van der Waals surface area contributed by atoms with Gasteiger partial charge >= 0.3 is 0 Å². The maximum atomic E-state index is 12.7. The van der Waals surface area contributed by atoms with Crippen LogP contribution in [0.1, 0.15) is 26.7 Å². The first-order chi connectivity index (χ1) is 4.33. The van der Waals surface area contributed by atoms with Crippen molar-refractivity contribution in [3.8, 4) is 0 Å². The van der Waals surface area contributed by atoms with E-state index in [4.69, 9.17) is 5.73 Å². The van der Waals surface area contributed by atoms with Crippen LogP contribution in [0.2, 0.25) is 0 Å². The van der Waals surface area contributed by atoms with Gasteiger partial charge in [0, 0.05) is 6.42 Å². The normalized spacial score (nSPS) is 36.3. The second-order valence-corrected chi connectivity index (χ2v) is 3.91. The Morgan fingerprint density at radius 3 is 2.00 bits per heavy atom. The summed E-state index contributed by atoms with van der Waals surface area (Å²) in [7, 11) is 0. The number of nitrogens with two attached hydrogens (primary N) is 1. The van der Waals surface area contributed by atoms with Crippen molar-refractivity contribution >= 4 is 0 Å². The molecule has 0 aromatic rings. The fourth-order valence-electron chi connectivity index (χ4n) is 1.59. The van der Waals surface area contributed by atoms with E-state index in [9.17, 15) is 8.78 Å². The average molecular weight is 149 g/mol. The van der Waals surface area contributed by atoms with Gasteiger partial charge in [-0.3, -0.25) is 0 Å². The summed E-state index contributed by atoms with van der Waals surface area (Å²) in [6.07, 6.45) is 0.362. The number of hydrogen-bond donors (Lipinski definition) is 1. The van der Waals surface area contributed by atoms with Crippen molar-refractivity contribution in [2.24, 2.45) is 11.1 Å². The summed E-state index contributed by atoms with van der Waals surface area (Å²) in [5, 5.41) is 0. The van der Waals surface area contributed by atoms with Crippen LogP contribution in [0.25, 0.3) is 0 Å². The molecular formula is C7H13F2N. The lowest BCUT2D eigenvalue weighted by molar-refractivity contribution is -0.0140. The zero-order valence-electron chi connectivity index (χ0n) is 6.32. The van der Waals surface area contributed by atoms with E-state index in [1.54, 1.807) is 0 Å². The van der Waals surface area contributed by atoms with Gasteiger partial charge in [-0.15, -0.1) is 0 Å². The molecule has 1 aliphatic carbocycles. The van der Waals surface area contributed by atoms with Crippen LogP contribution in [0.15, 0.2) is 0 Å². The van der Waals surface area contributed by atoms with Gasteiger partial charge < -0.3 is 5.73 Å². The summed E-state index contributed by atoms with van der Waals surface area (Å²) in [6, 6.07) is -0.928. The van der Waals surface area contributed by atoms with Crippen LogP contribution in [-0.2, 0) is 0 Å². The molecule has 1 fully saturated rings. The molecule has 0 heterocycles. The summed E-state index contributed by atoms with van der Waals surface area (Å²) in [5.41, 5.74) is 4.96. The zero-order chi connectivity index (χ0) is 7.99. The minimum Gasteiger partial charge on any atom is -0.323 e. The van der Waals surface area contributed by atoms with E-state index in [0.29, 0.717) is 6.42 Å². The molecule has 1 aliphatic rings. The monoisotopic (exact) mass is 149 g/mol. The molecule has 0 saturated heterocycles. The fourth-order valence-corrected chi connectivity index (χ4v) is 1.59. The quantitative estimate of drug-likeness (QED) is 0.558. The molecule has 3 heteroatoms. The Labute approximate surface area is 59.6 Å².